The van der Waals surface area contributed by atoms with Crippen molar-refractivity contribution < 1.29 is 19.1 Å². The number of carbonyl (C=O) groups excluding carboxylic acids is 1. The maximum absolute atomic E-state index is 13.0. The van der Waals surface area contributed by atoms with Crippen LogP contribution in [0.25, 0.3) is 0 Å². The molecule has 0 radical (unpaired) electrons. The summed E-state index contributed by atoms with van der Waals surface area (Å²) >= 11 is 0. The van der Waals surface area contributed by atoms with E-state index in [1.54, 1.807) is 0 Å². The van der Waals surface area contributed by atoms with Crippen molar-refractivity contribution in [1.82, 2.24) is 9.88 Å². The smallest absolute Gasteiger partial charge is 0.305 e. The van der Waals surface area contributed by atoms with Gasteiger partial charge in [0.15, 0.2) is 0 Å². The fourth-order valence-corrected chi connectivity index (χ4v) is 1.75. The summed E-state index contributed by atoms with van der Waals surface area (Å²) in [6, 6.07) is 1.20. The predicted molar refractivity (Wildman–Crippen MR) is 60.5 cm³/mol. The van der Waals surface area contributed by atoms with E-state index in [-0.39, 0.29) is 30.5 Å². The lowest BCUT2D eigenvalue weighted by atomic mass is 10.2. The molecule has 1 aliphatic rings. The number of rotatable bonds is 5. The predicted octanol–water partition coefficient (Wildman–Crippen LogP) is 1.30. The number of aromatic nitrogens is 1. The van der Waals surface area contributed by atoms with Crippen LogP contribution in [0.1, 0.15) is 29.6 Å². The minimum Gasteiger partial charge on any atom is -0.481 e. The monoisotopic (exact) mass is 252 g/mol. The van der Waals surface area contributed by atoms with E-state index < -0.39 is 11.8 Å². The van der Waals surface area contributed by atoms with Gasteiger partial charge in [-0.1, -0.05) is 0 Å². The number of nitrogens with zero attached hydrogens (tertiary/aromatic N) is 2. The average molecular weight is 252 g/mol. The van der Waals surface area contributed by atoms with E-state index in [2.05, 4.69) is 4.98 Å². The Morgan fingerprint density at radius 2 is 2.17 bits per heavy atom. The van der Waals surface area contributed by atoms with Gasteiger partial charge in [-0.3, -0.25) is 14.6 Å². The Hall–Kier alpha value is -1.98. The SMILES string of the molecule is O=C(O)CCN(C(=O)c1cncc(F)c1)C1CC1. The fraction of sp³-hybridized carbons (Fsp3) is 0.417. The molecule has 0 aromatic carbocycles. The quantitative estimate of drug-likeness (QED) is 0.857. The largest absolute Gasteiger partial charge is 0.481 e. The Balaban J connectivity index is 2.10. The third-order valence-electron chi connectivity index (χ3n) is 2.77. The molecule has 1 fully saturated rings. The molecule has 5 nitrogen and oxygen atoms in total. The van der Waals surface area contributed by atoms with Crippen LogP contribution in [0.3, 0.4) is 0 Å². The Bertz CT molecular complexity index is 474. The van der Waals surface area contributed by atoms with E-state index in [4.69, 9.17) is 5.11 Å². The fourth-order valence-electron chi connectivity index (χ4n) is 1.75. The van der Waals surface area contributed by atoms with Crippen LogP contribution in [0.4, 0.5) is 4.39 Å². The van der Waals surface area contributed by atoms with Gasteiger partial charge >= 0.3 is 5.97 Å². The number of pyridine rings is 1. The van der Waals surface area contributed by atoms with E-state index in [9.17, 15) is 14.0 Å². The summed E-state index contributed by atoms with van der Waals surface area (Å²) in [7, 11) is 0. The number of aliphatic carboxylic acids is 1. The zero-order valence-electron chi connectivity index (χ0n) is 9.67. The molecule has 1 N–H and O–H groups in total. The normalized spacial score (nSPS) is 14.3. The van der Waals surface area contributed by atoms with E-state index in [1.165, 1.54) is 11.1 Å². The van der Waals surface area contributed by atoms with Crippen molar-refractivity contribution in [3.8, 4) is 0 Å². The second kappa shape index (κ2) is 5.12. The molecule has 0 unspecified atom stereocenters. The van der Waals surface area contributed by atoms with Crippen molar-refractivity contribution in [2.75, 3.05) is 6.54 Å². The third kappa shape index (κ3) is 3.03. The molecule has 1 amide bonds. The summed E-state index contributed by atoms with van der Waals surface area (Å²) in [5, 5.41) is 8.65. The van der Waals surface area contributed by atoms with E-state index in [1.807, 2.05) is 0 Å². The lowest BCUT2D eigenvalue weighted by Gasteiger charge is -2.21. The van der Waals surface area contributed by atoms with Gasteiger partial charge in [0.1, 0.15) is 5.82 Å². The van der Waals surface area contributed by atoms with E-state index >= 15 is 0 Å². The number of halogens is 1. The standard InChI is InChI=1S/C12H13FN2O3/c13-9-5-8(6-14-7-9)12(18)15(10-1-2-10)4-3-11(16)17/h5-7,10H,1-4H2,(H,16,17). The van der Waals surface area contributed by atoms with Crippen molar-refractivity contribution in [3.05, 3.63) is 29.8 Å². The Labute approximate surface area is 103 Å². The first-order valence-corrected chi connectivity index (χ1v) is 5.71. The molecule has 0 aliphatic heterocycles. The van der Waals surface area contributed by atoms with Gasteiger partial charge in [0.05, 0.1) is 18.2 Å². The van der Waals surface area contributed by atoms with Crippen LogP contribution in [-0.2, 0) is 4.79 Å². The first-order chi connectivity index (χ1) is 8.58. The van der Waals surface area contributed by atoms with Crippen molar-refractivity contribution in [3.63, 3.8) is 0 Å². The molecule has 1 aromatic rings. The second-order valence-electron chi connectivity index (χ2n) is 4.27. The molecule has 0 atom stereocenters. The minimum absolute atomic E-state index is 0.0834. The maximum Gasteiger partial charge on any atom is 0.305 e. The van der Waals surface area contributed by atoms with Gasteiger partial charge in [-0.15, -0.1) is 0 Å². The van der Waals surface area contributed by atoms with Gasteiger partial charge in [-0.05, 0) is 18.9 Å². The van der Waals surface area contributed by atoms with Gasteiger partial charge in [0.2, 0.25) is 0 Å². The Morgan fingerprint density at radius 1 is 1.44 bits per heavy atom. The van der Waals surface area contributed by atoms with Gasteiger partial charge < -0.3 is 10.0 Å². The van der Waals surface area contributed by atoms with Gasteiger partial charge in [0.25, 0.3) is 5.91 Å². The lowest BCUT2D eigenvalue weighted by Crippen LogP contribution is -2.35. The maximum atomic E-state index is 13.0. The van der Waals surface area contributed by atoms with Gasteiger partial charge in [-0.25, -0.2) is 4.39 Å². The summed E-state index contributed by atoms with van der Waals surface area (Å²) < 4.78 is 13.0. The summed E-state index contributed by atoms with van der Waals surface area (Å²) in [5.74, 6) is -1.88. The average Bonchev–Trinajstić information content (AvgIpc) is 3.13. The Kier molecular flexibility index (Phi) is 3.55. The van der Waals surface area contributed by atoms with Gasteiger partial charge in [-0.2, -0.15) is 0 Å². The summed E-state index contributed by atoms with van der Waals surface area (Å²) in [5.41, 5.74) is 0.160. The van der Waals surface area contributed by atoms with Crippen LogP contribution in [-0.4, -0.2) is 39.5 Å². The summed E-state index contributed by atoms with van der Waals surface area (Å²) in [6.45, 7) is 0.148. The van der Waals surface area contributed by atoms with Crippen molar-refractivity contribution in [2.24, 2.45) is 0 Å². The number of carboxylic acid groups (broad SMARTS) is 1. The van der Waals surface area contributed by atoms with E-state index in [0.717, 1.165) is 25.1 Å². The number of hydrogen-bond acceptors (Lipinski definition) is 3. The van der Waals surface area contributed by atoms with Crippen LogP contribution >= 0.6 is 0 Å². The van der Waals surface area contributed by atoms with Crippen LogP contribution in [0.2, 0.25) is 0 Å². The van der Waals surface area contributed by atoms with Crippen molar-refractivity contribution >= 4 is 11.9 Å². The molecule has 2 rings (SSSR count). The van der Waals surface area contributed by atoms with Crippen LogP contribution in [0.5, 0.6) is 0 Å². The van der Waals surface area contributed by atoms with Crippen LogP contribution < -0.4 is 0 Å². The molecule has 18 heavy (non-hydrogen) atoms. The van der Waals surface area contributed by atoms with Crippen LogP contribution in [0.15, 0.2) is 18.5 Å². The topological polar surface area (TPSA) is 70.5 Å². The Morgan fingerprint density at radius 3 is 2.72 bits per heavy atom. The molecule has 6 heteroatoms. The number of carbonyl (C=O) groups is 2. The molecule has 1 saturated carbocycles. The van der Waals surface area contributed by atoms with Crippen molar-refractivity contribution in [2.45, 2.75) is 25.3 Å². The highest BCUT2D eigenvalue weighted by Gasteiger charge is 2.33. The molecule has 0 spiro atoms. The number of carboxylic acids is 1. The first kappa shape index (κ1) is 12.5. The summed E-state index contributed by atoms with van der Waals surface area (Å²) in [4.78, 5) is 27.8. The number of amides is 1. The van der Waals surface area contributed by atoms with E-state index in [0.29, 0.717) is 0 Å². The highest BCUT2D eigenvalue weighted by Crippen LogP contribution is 2.28. The van der Waals surface area contributed by atoms with Gasteiger partial charge in [0, 0.05) is 18.8 Å². The zero-order valence-corrected chi connectivity index (χ0v) is 9.67. The second-order valence-corrected chi connectivity index (χ2v) is 4.27. The minimum atomic E-state index is -0.953. The molecule has 1 heterocycles. The summed E-state index contributed by atoms with van der Waals surface area (Å²) in [6.07, 6.45) is 3.95. The highest BCUT2D eigenvalue weighted by molar-refractivity contribution is 5.94. The molecule has 1 aromatic heterocycles. The first-order valence-electron chi connectivity index (χ1n) is 5.71. The zero-order chi connectivity index (χ0) is 13.1. The molecule has 96 valence electrons. The molecular weight excluding hydrogens is 239 g/mol. The highest BCUT2D eigenvalue weighted by atomic mass is 19.1. The molecule has 1 aliphatic carbocycles. The molecule has 0 saturated heterocycles. The van der Waals surface area contributed by atoms with Crippen LogP contribution in [0, 0.1) is 5.82 Å². The lowest BCUT2D eigenvalue weighted by molar-refractivity contribution is -0.137. The van der Waals surface area contributed by atoms with Crippen molar-refractivity contribution in [1.29, 1.82) is 0 Å². The molecular formula is C12H13FN2O3. The third-order valence-corrected chi connectivity index (χ3v) is 2.77. The number of hydrogen-bond donors (Lipinski definition) is 1. The molecule has 0 bridgehead atoms.